The van der Waals surface area contributed by atoms with E-state index >= 15 is 0 Å². The number of thiazole rings is 1. The van der Waals surface area contributed by atoms with Crippen LogP contribution >= 0.6 is 11.3 Å². The van der Waals surface area contributed by atoms with E-state index in [1.807, 2.05) is 6.92 Å². The van der Waals surface area contributed by atoms with Gasteiger partial charge in [0, 0.05) is 22.8 Å². The lowest BCUT2D eigenvalue weighted by Gasteiger charge is -2.08. The Balaban J connectivity index is 1.94. The molecule has 2 aromatic rings. The number of urea groups is 1. The van der Waals surface area contributed by atoms with Crippen molar-refractivity contribution in [2.75, 3.05) is 17.2 Å². The Bertz CT molecular complexity index is 656. The van der Waals surface area contributed by atoms with E-state index < -0.39 is 18.6 Å². The molecule has 8 heteroatoms. The van der Waals surface area contributed by atoms with Crippen molar-refractivity contribution in [3.05, 3.63) is 35.3 Å². The quantitative estimate of drug-likeness (QED) is 0.788. The molecule has 0 unspecified atom stereocenters. The van der Waals surface area contributed by atoms with E-state index in [4.69, 9.17) is 9.84 Å². The minimum atomic E-state index is -1.06. The second-order valence-corrected chi connectivity index (χ2v) is 5.30. The smallest absolute Gasteiger partial charge is 0.341 e. The molecule has 0 saturated heterocycles. The molecule has 0 aliphatic heterocycles. The second kappa shape index (κ2) is 6.71. The van der Waals surface area contributed by atoms with E-state index in [1.165, 1.54) is 17.4 Å². The highest BCUT2D eigenvalue weighted by Crippen LogP contribution is 2.19. The predicted molar refractivity (Wildman–Crippen MR) is 79.1 cm³/mol. The topological polar surface area (TPSA) is 101 Å². The predicted octanol–water partition coefficient (Wildman–Crippen LogP) is 2.56. The first-order chi connectivity index (χ1) is 10.0. The number of nitrogens with zero attached hydrogens (tertiary/aromatic N) is 1. The fourth-order valence-corrected chi connectivity index (χ4v) is 2.14. The van der Waals surface area contributed by atoms with Gasteiger partial charge in [0.25, 0.3) is 0 Å². The van der Waals surface area contributed by atoms with Crippen LogP contribution in [0.5, 0.6) is 5.75 Å². The third-order valence-corrected chi connectivity index (χ3v) is 3.12. The Kier molecular flexibility index (Phi) is 4.72. The first-order valence-electron chi connectivity index (χ1n) is 5.98. The Morgan fingerprint density at radius 1 is 1.38 bits per heavy atom. The highest BCUT2D eigenvalue weighted by molar-refractivity contribution is 7.15. The summed E-state index contributed by atoms with van der Waals surface area (Å²) in [6.07, 6.45) is 1.67. The fraction of sp³-hybridized carbons (Fsp3) is 0.154. The number of anilines is 2. The molecule has 2 amide bonds. The number of carbonyl (C=O) groups excluding carboxylic acids is 1. The zero-order chi connectivity index (χ0) is 15.2. The molecule has 0 aliphatic carbocycles. The zero-order valence-corrected chi connectivity index (χ0v) is 11.9. The monoisotopic (exact) mass is 307 g/mol. The van der Waals surface area contributed by atoms with Gasteiger partial charge < -0.3 is 15.2 Å². The van der Waals surface area contributed by atoms with Crippen LogP contribution in [0.25, 0.3) is 0 Å². The van der Waals surface area contributed by atoms with E-state index in [0.717, 1.165) is 4.88 Å². The minimum Gasteiger partial charge on any atom is -0.482 e. The molecule has 0 radical (unpaired) electrons. The number of carboxylic acid groups (broad SMARTS) is 1. The summed E-state index contributed by atoms with van der Waals surface area (Å²) in [6, 6.07) is 6.03. The molecule has 110 valence electrons. The van der Waals surface area contributed by atoms with Gasteiger partial charge in [0.1, 0.15) is 5.75 Å². The molecule has 2 rings (SSSR count). The van der Waals surface area contributed by atoms with E-state index in [9.17, 15) is 9.59 Å². The number of aromatic nitrogens is 1. The molecule has 1 aromatic heterocycles. The highest BCUT2D eigenvalue weighted by atomic mass is 32.1. The molecule has 0 saturated carbocycles. The van der Waals surface area contributed by atoms with Gasteiger partial charge in [-0.1, -0.05) is 6.07 Å². The summed E-state index contributed by atoms with van der Waals surface area (Å²) in [5, 5.41) is 14.3. The number of hydrogen-bond donors (Lipinski definition) is 3. The van der Waals surface area contributed by atoms with E-state index in [1.54, 1.807) is 24.4 Å². The second-order valence-electron chi connectivity index (χ2n) is 4.07. The van der Waals surface area contributed by atoms with E-state index in [-0.39, 0.29) is 0 Å². The fourth-order valence-electron chi connectivity index (χ4n) is 1.48. The Morgan fingerprint density at radius 3 is 2.86 bits per heavy atom. The maximum Gasteiger partial charge on any atom is 0.341 e. The third-order valence-electron chi connectivity index (χ3n) is 2.30. The van der Waals surface area contributed by atoms with Gasteiger partial charge in [-0.3, -0.25) is 5.32 Å². The third kappa shape index (κ3) is 4.77. The molecule has 0 bridgehead atoms. The average Bonchev–Trinajstić information content (AvgIpc) is 2.82. The maximum atomic E-state index is 11.8. The summed E-state index contributed by atoms with van der Waals surface area (Å²) in [6.45, 7) is 1.46. The highest BCUT2D eigenvalue weighted by Gasteiger charge is 2.06. The van der Waals surface area contributed by atoms with Gasteiger partial charge in [-0.2, -0.15) is 0 Å². The summed E-state index contributed by atoms with van der Waals surface area (Å²) in [4.78, 5) is 27.2. The number of aryl methyl sites for hydroxylation is 1. The van der Waals surface area contributed by atoms with Crippen LogP contribution in [0.1, 0.15) is 4.88 Å². The lowest BCUT2D eigenvalue weighted by Crippen LogP contribution is -2.19. The first kappa shape index (κ1) is 14.8. The van der Waals surface area contributed by atoms with Crippen molar-refractivity contribution in [2.24, 2.45) is 0 Å². The first-order valence-corrected chi connectivity index (χ1v) is 6.79. The summed E-state index contributed by atoms with van der Waals surface area (Å²) in [7, 11) is 0. The lowest BCUT2D eigenvalue weighted by molar-refractivity contribution is -0.139. The largest absolute Gasteiger partial charge is 0.482 e. The Morgan fingerprint density at radius 2 is 2.19 bits per heavy atom. The van der Waals surface area contributed by atoms with Crippen molar-refractivity contribution in [3.8, 4) is 5.75 Å². The lowest BCUT2D eigenvalue weighted by atomic mass is 10.3. The number of nitrogens with one attached hydrogen (secondary N) is 2. The maximum absolute atomic E-state index is 11.8. The van der Waals surface area contributed by atoms with Gasteiger partial charge in [-0.15, -0.1) is 11.3 Å². The van der Waals surface area contributed by atoms with E-state index in [0.29, 0.717) is 16.6 Å². The van der Waals surface area contributed by atoms with Crippen molar-refractivity contribution in [2.45, 2.75) is 6.92 Å². The molecule has 0 fully saturated rings. The number of rotatable bonds is 5. The zero-order valence-electron chi connectivity index (χ0n) is 11.1. The Hall–Kier alpha value is -2.61. The SMILES string of the molecule is Cc1cnc(NC(=O)Nc2cccc(OCC(=O)O)c2)s1. The number of hydrogen-bond acceptors (Lipinski definition) is 5. The number of carboxylic acids is 1. The van der Waals surface area contributed by atoms with Crippen LogP contribution in [0.15, 0.2) is 30.5 Å². The minimum absolute atomic E-state index is 0.361. The van der Waals surface area contributed by atoms with Crippen LogP contribution in [-0.4, -0.2) is 28.7 Å². The van der Waals surface area contributed by atoms with Gasteiger partial charge in [-0.05, 0) is 19.1 Å². The summed E-state index contributed by atoms with van der Waals surface area (Å²) < 4.78 is 5.03. The standard InChI is InChI=1S/C13H13N3O4S/c1-8-6-14-13(21-8)16-12(19)15-9-3-2-4-10(5-9)20-7-11(17)18/h2-6H,7H2,1H3,(H,17,18)(H2,14,15,16,19). The van der Waals surface area contributed by atoms with E-state index in [2.05, 4.69) is 15.6 Å². The van der Waals surface area contributed by atoms with Crippen LogP contribution in [0.2, 0.25) is 0 Å². The molecule has 1 heterocycles. The van der Waals surface area contributed by atoms with Crippen LogP contribution in [0.4, 0.5) is 15.6 Å². The average molecular weight is 307 g/mol. The molecule has 3 N–H and O–H groups in total. The Labute approximate surface area is 124 Å². The summed E-state index contributed by atoms with van der Waals surface area (Å²) in [5.41, 5.74) is 0.490. The van der Waals surface area contributed by atoms with Gasteiger partial charge >= 0.3 is 12.0 Å². The van der Waals surface area contributed by atoms with Crippen LogP contribution in [0.3, 0.4) is 0 Å². The van der Waals surface area contributed by atoms with Crippen molar-refractivity contribution >= 4 is 34.2 Å². The van der Waals surface area contributed by atoms with Gasteiger partial charge in [0.05, 0.1) is 0 Å². The van der Waals surface area contributed by atoms with Gasteiger partial charge in [0.15, 0.2) is 11.7 Å². The van der Waals surface area contributed by atoms with Crippen molar-refractivity contribution in [1.82, 2.24) is 4.98 Å². The molecular weight excluding hydrogens is 294 g/mol. The summed E-state index contributed by atoms with van der Waals surface area (Å²) in [5.74, 6) is -0.703. The van der Waals surface area contributed by atoms with Crippen molar-refractivity contribution in [1.29, 1.82) is 0 Å². The number of aliphatic carboxylic acids is 1. The number of amides is 2. The molecule has 7 nitrogen and oxygen atoms in total. The normalized spacial score (nSPS) is 9.95. The van der Waals surface area contributed by atoms with Crippen LogP contribution in [0, 0.1) is 6.92 Å². The molecule has 0 atom stereocenters. The van der Waals surface area contributed by atoms with Crippen LogP contribution in [-0.2, 0) is 4.79 Å². The molecular formula is C13H13N3O4S. The summed E-state index contributed by atoms with van der Waals surface area (Å²) >= 11 is 1.37. The number of carbonyl (C=O) groups is 2. The number of ether oxygens (including phenoxy) is 1. The molecule has 21 heavy (non-hydrogen) atoms. The molecule has 0 aliphatic rings. The van der Waals surface area contributed by atoms with Crippen LogP contribution < -0.4 is 15.4 Å². The number of benzene rings is 1. The van der Waals surface area contributed by atoms with Crippen molar-refractivity contribution < 1.29 is 19.4 Å². The molecule has 1 aromatic carbocycles. The van der Waals surface area contributed by atoms with Gasteiger partial charge in [-0.25, -0.2) is 14.6 Å². The van der Waals surface area contributed by atoms with Crippen molar-refractivity contribution in [3.63, 3.8) is 0 Å². The van der Waals surface area contributed by atoms with Gasteiger partial charge in [0.2, 0.25) is 0 Å². The molecule has 0 spiro atoms.